The van der Waals surface area contributed by atoms with Gasteiger partial charge in [0.25, 0.3) is 0 Å². The maximum absolute atomic E-state index is 14.8. The van der Waals surface area contributed by atoms with Crippen molar-refractivity contribution in [1.29, 1.82) is 0 Å². The summed E-state index contributed by atoms with van der Waals surface area (Å²) in [5.74, 6) is 0.0191. The second-order valence-electron chi connectivity index (χ2n) is 7.63. The monoisotopic (exact) mass is 384 g/mol. The summed E-state index contributed by atoms with van der Waals surface area (Å²) in [4.78, 5) is 12.0. The molecule has 1 aliphatic heterocycles. The molecule has 144 valence electrons. The first kappa shape index (κ1) is 20.0. The SMILES string of the molecule is CCCCC[C@@H]([C@]1(C)O[C@H]1C(C)=O)P(=O)(c1ccccc1)c1ccccc1. The summed E-state index contributed by atoms with van der Waals surface area (Å²) >= 11 is 0. The van der Waals surface area contributed by atoms with Crippen LogP contribution in [0.2, 0.25) is 0 Å². The van der Waals surface area contributed by atoms with Gasteiger partial charge in [0.15, 0.2) is 5.78 Å². The molecule has 3 atom stereocenters. The van der Waals surface area contributed by atoms with E-state index in [1.807, 2.05) is 67.6 Å². The van der Waals surface area contributed by atoms with Gasteiger partial charge >= 0.3 is 0 Å². The Kier molecular flexibility index (Phi) is 6.03. The van der Waals surface area contributed by atoms with Crippen LogP contribution in [0.4, 0.5) is 0 Å². The van der Waals surface area contributed by atoms with Gasteiger partial charge in [-0.25, -0.2) is 0 Å². The number of benzene rings is 2. The molecule has 0 aliphatic carbocycles. The van der Waals surface area contributed by atoms with Crippen LogP contribution in [0.1, 0.15) is 46.5 Å². The van der Waals surface area contributed by atoms with Gasteiger partial charge in [-0.05, 0) is 20.3 Å². The molecule has 3 rings (SSSR count). The molecule has 0 bridgehead atoms. The topological polar surface area (TPSA) is 46.7 Å². The smallest absolute Gasteiger partial charge is 0.161 e. The molecule has 0 amide bonds. The number of rotatable bonds is 9. The van der Waals surface area contributed by atoms with Crippen LogP contribution in [0.5, 0.6) is 0 Å². The molecule has 1 aliphatic rings. The Bertz CT molecular complexity index is 775. The maximum atomic E-state index is 14.8. The van der Waals surface area contributed by atoms with Gasteiger partial charge in [-0.15, -0.1) is 0 Å². The predicted octanol–water partition coefficient (Wildman–Crippen LogP) is 4.70. The number of hydrogen-bond donors (Lipinski definition) is 0. The van der Waals surface area contributed by atoms with Gasteiger partial charge in [-0.1, -0.05) is 86.8 Å². The average Bonchev–Trinajstić information content (AvgIpc) is 3.39. The number of epoxide rings is 1. The van der Waals surface area contributed by atoms with Crippen molar-refractivity contribution in [2.45, 2.75) is 63.8 Å². The highest BCUT2D eigenvalue weighted by molar-refractivity contribution is 7.79. The zero-order valence-corrected chi connectivity index (χ0v) is 17.3. The van der Waals surface area contributed by atoms with Crippen molar-refractivity contribution in [1.82, 2.24) is 0 Å². The fraction of sp³-hybridized carbons (Fsp3) is 0.435. The van der Waals surface area contributed by atoms with E-state index in [-0.39, 0.29) is 11.4 Å². The number of carbonyl (C=O) groups is 1. The van der Waals surface area contributed by atoms with Crippen LogP contribution in [0.25, 0.3) is 0 Å². The average molecular weight is 384 g/mol. The highest BCUT2D eigenvalue weighted by Crippen LogP contribution is 2.60. The zero-order chi connectivity index (χ0) is 19.5. The first-order valence-electron chi connectivity index (χ1n) is 9.83. The minimum atomic E-state index is -2.99. The van der Waals surface area contributed by atoms with E-state index in [0.717, 1.165) is 36.3 Å². The lowest BCUT2D eigenvalue weighted by molar-refractivity contribution is -0.118. The van der Waals surface area contributed by atoms with Gasteiger partial charge in [-0.2, -0.15) is 0 Å². The van der Waals surface area contributed by atoms with E-state index < -0.39 is 18.8 Å². The molecule has 2 aromatic carbocycles. The first-order valence-corrected chi connectivity index (χ1v) is 11.6. The predicted molar refractivity (Wildman–Crippen MR) is 112 cm³/mol. The highest BCUT2D eigenvalue weighted by atomic mass is 31.2. The quantitative estimate of drug-likeness (QED) is 0.358. The highest BCUT2D eigenvalue weighted by Gasteiger charge is 2.64. The molecule has 3 nitrogen and oxygen atoms in total. The van der Waals surface area contributed by atoms with E-state index in [0.29, 0.717) is 0 Å². The lowest BCUT2D eigenvalue weighted by atomic mass is 9.96. The standard InChI is InChI=1S/C23H29O3P/c1-4-5-8-17-21(23(3)22(26-23)18(2)24)27(25,19-13-9-6-10-14-19)20-15-11-7-12-16-20/h6-7,9-16,21-22H,4-5,8,17H2,1-3H3/t21-,22-,23-/m0/s1. The van der Waals surface area contributed by atoms with Crippen molar-refractivity contribution in [3.05, 3.63) is 60.7 Å². The third-order valence-corrected chi connectivity index (χ3v) is 9.44. The van der Waals surface area contributed by atoms with Crippen molar-refractivity contribution in [2.75, 3.05) is 0 Å². The van der Waals surface area contributed by atoms with E-state index in [2.05, 4.69) is 6.92 Å². The molecule has 1 saturated heterocycles. The molecule has 1 heterocycles. The summed E-state index contributed by atoms with van der Waals surface area (Å²) in [6.07, 6.45) is 3.50. The van der Waals surface area contributed by atoms with E-state index in [4.69, 9.17) is 4.74 Å². The Morgan fingerprint density at radius 2 is 1.56 bits per heavy atom. The summed E-state index contributed by atoms with van der Waals surface area (Å²) in [5.41, 5.74) is -0.879. The fourth-order valence-corrected chi connectivity index (χ4v) is 7.90. The Morgan fingerprint density at radius 1 is 1.04 bits per heavy atom. The lowest BCUT2D eigenvalue weighted by Crippen LogP contribution is -2.38. The summed E-state index contributed by atoms with van der Waals surface area (Å²) in [6.45, 7) is 5.69. The van der Waals surface area contributed by atoms with Gasteiger partial charge in [0.2, 0.25) is 0 Å². The van der Waals surface area contributed by atoms with E-state index >= 15 is 0 Å². The molecule has 0 saturated carbocycles. The van der Waals surface area contributed by atoms with Crippen molar-refractivity contribution in [3.63, 3.8) is 0 Å². The van der Waals surface area contributed by atoms with Crippen LogP contribution in [-0.4, -0.2) is 23.1 Å². The molecular formula is C23H29O3P. The molecule has 4 heteroatoms. The molecule has 0 unspecified atom stereocenters. The number of unbranched alkanes of at least 4 members (excludes halogenated alkanes) is 2. The molecule has 1 fully saturated rings. The van der Waals surface area contributed by atoms with Crippen LogP contribution in [0.3, 0.4) is 0 Å². The molecule has 27 heavy (non-hydrogen) atoms. The summed E-state index contributed by atoms with van der Waals surface area (Å²) < 4.78 is 20.7. The Morgan fingerprint density at radius 3 is 1.96 bits per heavy atom. The van der Waals surface area contributed by atoms with Gasteiger partial charge in [0.1, 0.15) is 18.8 Å². The largest absolute Gasteiger partial charge is 0.357 e. The van der Waals surface area contributed by atoms with Gasteiger partial charge in [-0.3, -0.25) is 4.79 Å². The first-order chi connectivity index (χ1) is 12.9. The van der Waals surface area contributed by atoms with Crippen LogP contribution >= 0.6 is 7.14 Å². The molecule has 2 aromatic rings. The van der Waals surface area contributed by atoms with Gasteiger partial charge in [0.05, 0.1) is 5.66 Å². The number of carbonyl (C=O) groups excluding carboxylic acids is 1. The number of Topliss-reactive ketones (excluding diaryl/α,β-unsaturated/α-hetero) is 1. The van der Waals surface area contributed by atoms with E-state index in [1.54, 1.807) is 6.92 Å². The number of ether oxygens (including phenoxy) is 1. The van der Waals surface area contributed by atoms with E-state index in [1.165, 1.54) is 0 Å². The minimum absolute atomic E-state index is 0.0191. The van der Waals surface area contributed by atoms with Crippen LogP contribution in [0.15, 0.2) is 60.7 Å². The Balaban J connectivity index is 2.11. The summed E-state index contributed by atoms with van der Waals surface area (Å²) in [7, 11) is -2.99. The maximum Gasteiger partial charge on any atom is 0.161 e. The van der Waals surface area contributed by atoms with Crippen molar-refractivity contribution in [2.24, 2.45) is 0 Å². The van der Waals surface area contributed by atoms with Crippen LogP contribution in [-0.2, 0) is 14.1 Å². The molecule has 0 N–H and O–H groups in total. The van der Waals surface area contributed by atoms with Crippen LogP contribution < -0.4 is 10.6 Å². The third-order valence-electron chi connectivity index (χ3n) is 5.67. The normalized spacial score (nSPS) is 23.0. The Labute approximate surface area is 162 Å². The third kappa shape index (κ3) is 3.81. The second kappa shape index (κ2) is 8.12. The molecule has 0 spiro atoms. The fourth-order valence-electron chi connectivity index (χ4n) is 4.18. The van der Waals surface area contributed by atoms with E-state index in [9.17, 15) is 9.36 Å². The van der Waals surface area contributed by atoms with Gasteiger partial charge in [0, 0.05) is 10.6 Å². The number of ketones is 1. The van der Waals surface area contributed by atoms with Gasteiger partial charge < -0.3 is 9.30 Å². The Hall–Kier alpha value is -1.70. The second-order valence-corrected chi connectivity index (χ2v) is 10.6. The van der Waals surface area contributed by atoms with Crippen LogP contribution in [0, 0.1) is 0 Å². The summed E-state index contributed by atoms with van der Waals surface area (Å²) in [6, 6.07) is 19.4. The summed E-state index contributed by atoms with van der Waals surface area (Å²) in [5, 5.41) is 1.69. The molecule has 0 aromatic heterocycles. The van der Waals surface area contributed by atoms with Crippen molar-refractivity contribution < 1.29 is 14.1 Å². The zero-order valence-electron chi connectivity index (χ0n) is 16.4. The lowest BCUT2D eigenvalue weighted by Gasteiger charge is -2.32. The minimum Gasteiger partial charge on any atom is -0.357 e. The number of hydrogen-bond acceptors (Lipinski definition) is 3. The van der Waals surface area contributed by atoms with Crippen molar-refractivity contribution in [3.8, 4) is 0 Å². The molecular weight excluding hydrogens is 355 g/mol. The van der Waals surface area contributed by atoms with Crippen molar-refractivity contribution >= 4 is 23.5 Å². The molecule has 0 radical (unpaired) electrons.